The predicted molar refractivity (Wildman–Crippen MR) is 128 cm³/mol. The number of ether oxygens (including phenoxy) is 1. The zero-order chi connectivity index (χ0) is 22.5. The Labute approximate surface area is 183 Å². The van der Waals surface area contributed by atoms with Crippen molar-refractivity contribution in [2.24, 2.45) is 0 Å². The standard InChI is InChI=1S/C27H40O3/c1-20(2)10-7-11-21(3)12-8-13-22(4)14-9-15-23(5)16-17-24-26(30-6)19-18-25(28)27(24)29/h10,12,14,16,18-19,28-29H,7-9,11,13,15,17H2,1-6H3/b21-12+,22-14+,23-16-. The minimum absolute atomic E-state index is 0.0988. The fourth-order valence-corrected chi connectivity index (χ4v) is 3.26. The minimum Gasteiger partial charge on any atom is -0.504 e. The highest BCUT2D eigenvalue weighted by molar-refractivity contribution is 5.53. The van der Waals surface area contributed by atoms with Crippen molar-refractivity contribution in [1.29, 1.82) is 0 Å². The monoisotopic (exact) mass is 412 g/mol. The summed E-state index contributed by atoms with van der Waals surface area (Å²) in [6, 6.07) is 3.12. The highest BCUT2D eigenvalue weighted by atomic mass is 16.5. The Morgan fingerprint density at radius 3 is 1.77 bits per heavy atom. The van der Waals surface area contributed by atoms with Crippen LogP contribution in [0.2, 0.25) is 0 Å². The summed E-state index contributed by atoms with van der Waals surface area (Å²) in [6.45, 7) is 10.8. The Hall–Kier alpha value is -2.42. The average molecular weight is 413 g/mol. The van der Waals surface area contributed by atoms with Crippen molar-refractivity contribution in [3.63, 3.8) is 0 Å². The maximum absolute atomic E-state index is 10.1. The first-order chi connectivity index (χ1) is 14.2. The Kier molecular flexibility index (Phi) is 11.7. The predicted octanol–water partition coefficient (Wildman–Crippen LogP) is 7.79. The average Bonchev–Trinajstić information content (AvgIpc) is 2.68. The van der Waals surface area contributed by atoms with Gasteiger partial charge >= 0.3 is 0 Å². The molecule has 0 spiro atoms. The Bertz CT molecular complexity index is 791. The first-order valence-corrected chi connectivity index (χ1v) is 10.9. The molecule has 30 heavy (non-hydrogen) atoms. The van der Waals surface area contributed by atoms with Gasteiger partial charge in [0.1, 0.15) is 5.75 Å². The molecule has 0 saturated heterocycles. The van der Waals surface area contributed by atoms with E-state index in [0.29, 0.717) is 17.7 Å². The number of aromatic hydroxyl groups is 2. The van der Waals surface area contributed by atoms with E-state index in [0.717, 1.165) is 38.5 Å². The summed E-state index contributed by atoms with van der Waals surface area (Å²) < 4.78 is 5.29. The molecule has 0 atom stereocenters. The van der Waals surface area contributed by atoms with E-state index < -0.39 is 0 Å². The molecule has 0 saturated carbocycles. The summed E-state index contributed by atoms with van der Waals surface area (Å²) in [5.74, 6) is 0.379. The van der Waals surface area contributed by atoms with E-state index >= 15 is 0 Å². The number of phenolic OH excluding ortho intramolecular Hbond substituents is 2. The van der Waals surface area contributed by atoms with Crippen LogP contribution in [0.5, 0.6) is 17.2 Å². The minimum atomic E-state index is -0.114. The first-order valence-electron chi connectivity index (χ1n) is 10.9. The highest BCUT2D eigenvalue weighted by Crippen LogP contribution is 2.36. The zero-order valence-electron chi connectivity index (χ0n) is 19.7. The van der Waals surface area contributed by atoms with Crippen molar-refractivity contribution < 1.29 is 14.9 Å². The molecule has 0 amide bonds. The summed E-state index contributed by atoms with van der Waals surface area (Å²) >= 11 is 0. The van der Waals surface area contributed by atoms with Gasteiger partial charge in [-0.05, 0) is 91.7 Å². The van der Waals surface area contributed by atoms with Crippen LogP contribution in [0.3, 0.4) is 0 Å². The smallest absolute Gasteiger partial charge is 0.164 e. The molecule has 0 aliphatic carbocycles. The van der Waals surface area contributed by atoms with Crippen LogP contribution in [0, 0.1) is 0 Å². The van der Waals surface area contributed by atoms with Crippen LogP contribution in [0.1, 0.15) is 78.7 Å². The van der Waals surface area contributed by atoms with Crippen LogP contribution in [0.15, 0.2) is 58.7 Å². The number of benzene rings is 1. The van der Waals surface area contributed by atoms with Crippen molar-refractivity contribution in [1.82, 2.24) is 0 Å². The summed E-state index contributed by atoms with van der Waals surface area (Å²) in [6.07, 6.45) is 16.1. The summed E-state index contributed by atoms with van der Waals surface area (Å²) in [7, 11) is 1.57. The van der Waals surface area contributed by atoms with Gasteiger partial charge in [-0.15, -0.1) is 0 Å². The van der Waals surface area contributed by atoms with Crippen LogP contribution in [-0.2, 0) is 6.42 Å². The molecule has 0 fully saturated rings. The Morgan fingerprint density at radius 2 is 1.27 bits per heavy atom. The van der Waals surface area contributed by atoms with Gasteiger partial charge in [0.15, 0.2) is 11.5 Å². The van der Waals surface area contributed by atoms with Gasteiger partial charge < -0.3 is 14.9 Å². The highest BCUT2D eigenvalue weighted by Gasteiger charge is 2.11. The summed E-state index contributed by atoms with van der Waals surface area (Å²) in [5.41, 5.74) is 6.19. The maximum atomic E-state index is 10.1. The second-order valence-electron chi connectivity index (χ2n) is 8.37. The lowest BCUT2D eigenvalue weighted by molar-refractivity contribution is 0.379. The molecule has 3 heteroatoms. The van der Waals surface area contributed by atoms with Crippen LogP contribution < -0.4 is 4.74 Å². The quantitative estimate of drug-likeness (QED) is 0.272. The molecule has 0 heterocycles. The normalized spacial score (nSPS) is 12.8. The van der Waals surface area contributed by atoms with Crippen molar-refractivity contribution in [3.8, 4) is 17.2 Å². The zero-order valence-corrected chi connectivity index (χ0v) is 19.7. The van der Waals surface area contributed by atoms with Gasteiger partial charge in [0, 0.05) is 5.56 Å². The van der Waals surface area contributed by atoms with E-state index in [4.69, 9.17) is 4.74 Å². The van der Waals surface area contributed by atoms with Gasteiger partial charge in [0.25, 0.3) is 0 Å². The van der Waals surface area contributed by atoms with E-state index in [1.54, 1.807) is 13.2 Å². The van der Waals surface area contributed by atoms with E-state index in [9.17, 15) is 10.2 Å². The van der Waals surface area contributed by atoms with Crippen molar-refractivity contribution in [3.05, 3.63) is 64.3 Å². The molecule has 1 rings (SSSR count). The fraction of sp³-hybridized carbons (Fsp3) is 0.481. The lowest BCUT2D eigenvalue weighted by atomic mass is 10.0. The second-order valence-corrected chi connectivity index (χ2v) is 8.37. The van der Waals surface area contributed by atoms with Gasteiger partial charge in [0.05, 0.1) is 7.11 Å². The summed E-state index contributed by atoms with van der Waals surface area (Å²) in [5, 5.41) is 19.8. The Morgan fingerprint density at radius 1 is 0.767 bits per heavy atom. The SMILES string of the molecule is COc1ccc(O)c(O)c1C/C=C(/C)CC/C=C(\C)CC/C=C(\C)CCC=C(C)C. The molecule has 0 radical (unpaired) electrons. The van der Waals surface area contributed by atoms with Gasteiger partial charge in [-0.2, -0.15) is 0 Å². The van der Waals surface area contributed by atoms with Gasteiger partial charge in [-0.25, -0.2) is 0 Å². The van der Waals surface area contributed by atoms with E-state index in [2.05, 4.69) is 58.9 Å². The molecule has 0 aromatic heterocycles. The van der Waals surface area contributed by atoms with E-state index in [-0.39, 0.29) is 11.5 Å². The molecule has 0 aliphatic heterocycles. The molecule has 2 N–H and O–H groups in total. The second kappa shape index (κ2) is 13.7. The third-order valence-electron chi connectivity index (χ3n) is 5.25. The van der Waals surface area contributed by atoms with E-state index in [1.807, 2.05) is 0 Å². The molecule has 3 nitrogen and oxygen atoms in total. The number of allylic oxidation sites excluding steroid dienone is 8. The molecule has 0 aliphatic rings. The van der Waals surface area contributed by atoms with Crippen LogP contribution in [0.25, 0.3) is 0 Å². The number of methoxy groups -OCH3 is 1. The largest absolute Gasteiger partial charge is 0.504 e. The topological polar surface area (TPSA) is 49.7 Å². The molecule has 0 bridgehead atoms. The van der Waals surface area contributed by atoms with Gasteiger partial charge in [-0.1, -0.05) is 46.6 Å². The van der Waals surface area contributed by atoms with E-state index in [1.165, 1.54) is 28.4 Å². The van der Waals surface area contributed by atoms with Gasteiger partial charge in [-0.3, -0.25) is 0 Å². The molecule has 1 aromatic carbocycles. The molecular formula is C27H40O3. The van der Waals surface area contributed by atoms with Gasteiger partial charge in [0.2, 0.25) is 0 Å². The molecule has 1 aromatic rings. The molecular weight excluding hydrogens is 372 g/mol. The van der Waals surface area contributed by atoms with Crippen LogP contribution in [0.4, 0.5) is 0 Å². The van der Waals surface area contributed by atoms with Crippen molar-refractivity contribution in [2.75, 3.05) is 7.11 Å². The summed E-state index contributed by atoms with van der Waals surface area (Å²) in [4.78, 5) is 0. The first kappa shape index (κ1) is 25.6. The van der Waals surface area contributed by atoms with Crippen LogP contribution >= 0.6 is 0 Å². The number of phenols is 2. The lowest BCUT2D eigenvalue weighted by Crippen LogP contribution is -1.92. The fourth-order valence-electron chi connectivity index (χ4n) is 3.26. The third kappa shape index (κ3) is 9.87. The Balaban J connectivity index is 2.46. The molecule has 0 unspecified atom stereocenters. The number of rotatable bonds is 12. The lowest BCUT2D eigenvalue weighted by Gasteiger charge is -2.10. The maximum Gasteiger partial charge on any atom is 0.164 e. The van der Waals surface area contributed by atoms with Crippen molar-refractivity contribution >= 4 is 0 Å². The molecule has 166 valence electrons. The number of hydrogen-bond donors (Lipinski definition) is 2. The van der Waals surface area contributed by atoms with Crippen molar-refractivity contribution in [2.45, 2.75) is 79.6 Å². The third-order valence-corrected chi connectivity index (χ3v) is 5.25. The number of hydrogen-bond acceptors (Lipinski definition) is 3. The van der Waals surface area contributed by atoms with Crippen LogP contribution in [-0.4, -0.2) is 17.3 Å².